The minimum absolute atomic E-state index is 0.343. The van der Waals surface area contributed by atoms with Crippen molar-refractivity contribution in [3.63, 3.8) is 0 Å². The van der Waals surface area contributed by atoms with Crippen LogP contribution in [-0.4, -0.2) is 6.54 Å². The van der Waals surface area contributed by atoms with Gasteiger partial charge in [-0.25, -0.2) is 0 Å². The summed E-state index contributed by atoms with van der Waals surface area (Å²) in [6.45, 7) is 5.36. The molecule has 0 saturated carbocycles. The maximum absolute atomic E-state index is 6.33. The molecule has 0 saturated heterocycles. The highest BCUT2D eigenvalue weighted by Crippen LogP contribution is 2.29. The van der Waals surface area contributed by atoms with Crippen LogP contribution in [0.4, 0.5) is 0 Å². The summed E-state index contributed by atoms with van der Waals surface area (Å²) in [6, 6.07) is 6.17. The van der Waals surface area contributed by atoms with E-state index < -0.39 is 0 Å². The third kappa shape index (κ3) is 7.54. The van der Waals surface area contributed by atoms with Crippen LogP contribution in [0.1, 0.15) is 76.8 Å². The molecule has 120 valence electrons. The average molecular weight is 330 g/mol. The zero-order valence-electron chi connectivity index (χ0n) is 13.4. The molecule has 1 atom stereocenters. The van der Waals surface area contributed by atoms with Gasteiger partial charge in [0.1, 0.15) is 0 Å². The van der Waals surface area contributed by atoms with Crippen LogP contribution in [0.5, 0.6) is 0 Å². The standard InChI is InChI=1S/C18H29Cl2N/c1-3-5-6-7-8-9-10-11-18(21-4-2)16-13-12-15(19)14-17(16)20/h12-14,18,21H,3-11H2,1-2H3. The molecule has 1 aromatic carbocycles. The lowest BCUT2D eigenvalue weighted by Crippen LogP contribution is -2.21. The fraction of sp³-hybridized carbons (Fsp3) is 0.667. The molecule has 1 nitrogen and oxygen atoms in total. The molecule has 0 bridgehead atoms. The molecule has 1 unspecified atom stereocenters. The SMILES string of the molecule is CCCCCCCCCC(NCC)c1ccc(Cl)cc1Cl. The van der Waals surface area contributed by atoms with Crippen LogP contribution in [0.3, 0.4) is 0 Å². The summed E-state index contributed by atoms with van der Waals surface area (Å²) < 4.78 is 0. The van der Waals surface area contributed by atoms with Crippen molar-refractivity contribution in [2.24, 2.45) is 0 Å². The lowest BCUT2D eigenvalue weighted by Gasteiger charge is -2.19. The van der Waals surface area contributed by atoms with Crippen LogP contribution >= 0.6 is 23.2 Å². The largest absolute Gasteiger partial charge is 0.310 e. The molecule has 0 heterocycles. The van der Waals surface area contributed by atoms with Crippen molar-refractivity contribution in [3.05, 3.63) is 33.8 Å². The number of halogens is 2. The van der Waals surface area contributed by atoms with Crippen molar-refractivity contribution < 1.29 is 0 Å². The van der Waals surface area contributed by atoms with Gasteiger partial charge in [0.2, 0.25) is 0 Å². The summed E-state index contributed by atoms with van der Waals surface area (Å²) >= 11 is 12.3. The summed E-state index contributed by atoms with van der Waals surface area (Å²) in [5, 5.41) is 5.02. The lowest BCUT2D eigenvalue weighted by molar-refractivity contribution is 0.476. The molecular weight excluding hydrogens is 301 g/mol. The fourth-order valence-electron chi connectivity index (χ4n) is 2.70. The highest BCUT2D eigenvalue weighted by atomic mass is 35.5. The maximum atomic E-state index is 6.33. The van der Waals surface area contributed by atoms with Crippen molar-refractivity contribution in [1.82, 2.24) is 5.32 Å². The molecule has 0 aromatic heterocycles. The number of unbranched alkanes of at least 4 members (excludes halogenated alkanes) is 6. The van der Waals surface area contributed by atoms with E-state index in [1.54, 1.807) is 0 Å². The summed E-state index contributed by atoms with van der Waals surface area (Å²) in [7, 11) is 0. The van der Waals surface area contributed by atoms with Crippen molar-refractivity contribution in [2.75, 3.05) is 6.54 Å². The third-order valence-electron chi connectivity index (χ3n) is 3.88. The Bertz CT molecular complexity index is 393. The topological polar surface area (TPSA) is 12.0 Å². The van der Waals surface area contributed by atoms with Crippen LogP contribution in [0.25, 0.3) is 0 Å². The number of hydrogen-bond acceptors (Lipinski definition) is 1. The number of hydrogen-bond donors (Lipinski definition) is 1. The normalized spacial score (nSPS) is 12.6. The smallest absolute Gasteiger partial charge is 0.0468 e. The van der Waals surface area contributed by atoms with Crippen LogP contribution in [0, 0.1) is 0 Å². The summed E-state index contributed by atoms with van der Waals surface area (Å²) in [5.74, 6) is 0. The van der Waals surface area contributed by atoms with Gasteiger partial charge in [-0.05, 0) is 30.7 Å². The molecule has 1 rings (SSSR count). The summed E-state index contributed by atoms with van der Waals surface area (Å²) in [4.78, 5) is 0. The molecule has 0 radical (unpaired) electrons. The average Bonchev–Trinajstić information content (AvgIpc) is 2.45. The van der Waals surface area contributed by atoms with E-state index in [0.29, 0.717) is 11.1 Å². The zero-order valence-corrected chi connectivity index (χ0v) is 14.9. The monoisotopic (exact) mass is 329 g/mol. The number of benzene rings is 1. The van der Waals surface area contributed by atoms with Crippen LogP contribution < -0.4 is 5.32 Å². The molecule has 0 aliphatic heterocycles. The van der Waals surface area contributed by atoms with E-state index in [9.17, 15) is 0 Å². The fourth-order valence-corrected chi connectivity index (χ4v) is 3.24. The molecule has 3 heteroatoms. The molecular formula is C18H29Cl2N. The van der Waals surface area contributed by atoms with Gasteiger partial charge >= 0.3 is 0 Å². The van der Waals surface area contributed by atoms with E-state index in [1.807, 2.05) is 12.1 Å². The van der Waals surface area contributed by atoms with E-state index in [-0.39, 0.29) is 0 Å². The highest BCUT2D eigenvalue weighted by molar-refractivity contribution is 6.35. The molecule has 21 heavy (non-hydrogen) atoms. The summed E-state index contributed by atoms with van der Waals surface area (Å²) in [5.41, 5.74) is 1.17. The lowest BCUT2D eigenvalue weighted by atomic mass is 9.99. The molecule has 0 fully saturated rings. The van der Waals surface area contributed by atoms with E-state index >= 15 is 0 Å². The van der Waals surface area contributed by atoms with Gasteiger partial charge in [-0.15, -0.1) is 0 Å². The van der Waals surface area contributed by atoms with Gasteiger partial charge in [-0.3, -0.25) is 0 Å². The molecule has 0 aliphatic carbocycles. The van der Waals surface area contributed by atoms with E-state index in [0.717, 1.165) is 18.0 Å². The van der Waals surface area contributed by atoms with Gasteiger partial charge in [0.15, 0.2) is 0 Å². The summed E-state index contributed by atoms with van der Waals surface area (Å²) in [6.07, 6.45) is 10.5. The second-order valence-corrected chi connectivity index (χ2v) is 6.53. The van der Waals surface area contributed by atoms with Crippen molar-refractivity contribution >= 4 is 23.2 Å². The first-order chi connectivity index (χ1) is 10.2. The first kappa shape index (κ1) is 18.8. The molecule has 1 N–H and O–H groups in total. The van der Waals surface area contributed by atoms with Gasteiger partial charge in [0.25, 0.3) is 0 Å². The molecule has 0 spiro atoms. The van der Waals surface area contributed by atoms with Gasteiger partial charge in [-0.2, -0.15) is 0 Å². The first-order valence-corrected chi connectivity index (χ1v) is 9.13. The van der Waals surface area contributed by atoms with Crippen molar-refractivity contribution in [2.45, 2.75) is 71.3 Å². The predicted octanol–water partition coefficient (Wildman–Crippen LogP) is 6.78. The highest BCUT2D eigenvalue weighted by Gasteiger charge is 2.13. The zero-order chi connectivity index (χ0) is 15.5. The van der Waals surface area contributed by atoms with Gasteiger partial charge in [-0.1, -0.05) is 88.1 Å². The van der Waals surface area contributed by atoms with Gasteiger partial charge in [0.05, 0.1) is 0 Å². The number of rotatable bonds is 11. The van der Waals surface area contributed by atoms with Gasteiger partial charge in [0, 0.05) is 16.1 Å². The second kappa shape index (κ2) is 11.3. The van der Waals surface area contributed by atoms with Crippen LogP contribution in [0.2, 0.25) is 10.0 Å². The molecule has 0 aliphatic rings. The second-order valence-electron chi connectivity index (χ2n) is 5.69. The first-order valence-electron chi connectivity index (χ1n) is 8.37. The Hall–Kier alpha value is -0.240. The van der Waals surface area contributed by atoms with Crippen LogP contribution in [0.15, 0.2) is 18.2 Å². The predicted molar refractivity (Wildman–Crippen MR) is 95.5 cm³/mol. The Labute approximate surface area is 140 Å². The van der Waals surface area contributed by atoms with Crippen molar-refractivity contribution in [1.29, 1.82) is 0 Å². The Balaban J connectivity index is 2.39. The van der Waals surface area contributed by atoms with Gasteiger partial charge < -0.3 is 5.32 Å². The number of nitrogens with one attached hydrogen (secondary N) is 1. The molecule has 1 aromatic rings. The Kier molecular flexibility index (Phi) is 10.2. The Morgan fingerprint density at radius 3 is 2.24 bits per heavy atom. The van der Waals surface area contributed by atoms with E-state index in [2.05, 4.69) is 25.2 Å². The van der Waals surface area contributed by atoms with E-state index in [1.165, 1.54) is 50.5 Å². The Morgan fingerprint density at radius 1 is 0.952 bits per heavy atom. The third-order valence-corrected chi connectivity index (χ3v) is 4.45. The minimum atomic E-state index is 0.343. The van der Waals surface area contributed by atoms with E-state index in [4.69, 9.17) is 23.2 Å². The Morgan fingerprint density at radius 2 is 1.62 bits per heavy atom. The minimum Gasteiger partial charge on any atom is -0.310 e. The maximum Gasteiger partial charge on any atom is 0.0468 e. The molecule has 0 amide bonds. The quantitative estimate of drug-likeness (QED) is 0.441. The van der Waals surface area contributed by atoms with Crippen molar-refractivity contribution in [3.8, 4) is 0 Å². The van der Waals surface area contributed by atoms with Crippen LogP contribution in [-0.2, 0) is 0 Å².